The number of benzene rings is 1. The quantitative estimate of drug-likeness (QED) is 0.828. The Labute approximate surface area is 141 Å². The lowest BCUT2D eigenvalue weighted by Crippen LogP contribution is -2.39. The van der Waals surface area contributed by atoms with Gasteiger partial charge in [-0.05, 0) is 49.9 Å². The van der Waals surface area contributed by atoms with Crippen molar-refractivity contribution in [2.45, 2.75) is 24.0 Å². The zero-order chi connectivity index (χ0) is 16.3. The number of nitrogens with zero attached hydrogens (tertiary/aromatic N) is 1. The van der Waals surface area contributed by atoms with Crippen LogP contribution < -0.4 is 4.74 Å². The van der Waals surface area contributed by atoms with E-state index in [9.17, 15) is 8.42 Å². The van der Waals surface area contributed by atoms with E-state index in [1.54, 1.807) is 10.4 Å². The number of ether oxygens (including phenoxy) is 1. The van der Waals surface area contributed by atoms with Crippen LogP contribution in [0.1, 0.15) is 17.7 Å². The Morgan fingerprint density at radius 3 is 2.43 bits per heavy atom. The molecule has 0 N–H and O–H groups in total. The molecule has 23 heavy (non-hydrogen) atoms. The number of sulfonamides is 1. The molecule has 124 valence electrons. The Bertz CT molecular complexity index is 732. The highest BCUT2D eigenvalue weighted by atomic mass is 32.2. The van der Waals surface area contributed by atoms with E-state index < -0.39 is 10.0 Å². The van der Waals surface area contributed by atoms with Crippen molar-refractivity contribution in [2.75, 3.05) is 19.7 Å². The van der Waals surface area contributed by atoms with Crippen molar-refractivity contribution >= 4 is 21.4 Å². The van der Waals surface area contributed by atoms with Crippen LogP contribution in [0.2, 0.25) is 0 Å². The summed E-state index contributed by atoms with van der Waals surface area (Å²) in [6.07, 6.45) is 1.69. The SMILES string of the molecule is Cc1ccc(S(=O)(=O)N2CCC(COc3ccccc3)CC2)s1. The number of hydrogen-bond acceptors (Lipinski definition) is 4. The normalized spacial score (nSPS) is 17.3. The van der Waals surface area contributed by atoms with Crippen LogP contribution in [-0.2, 0) is 10.0 Å². The summed E-state index contributed by atoms with van der Waals surface area (Å²) >= 11 is 1.34. The van der Waals surface area contributed by atoms with Gasteiger partial charge >= 0.3 is 0 Å². The zero-order valence-corrected chi connectivity index (χ0v) is 14.8. The molecule has 0 bridgehead atoms. The summed E-state index contributed by atoms with van der Waals surface area (Å²) in [6, 6.07) is 13.3. The van der Waals surface area contributed by atoms with Crippen LogP contribution in [0, 0.1) is 12.8 Å². The molecule has 3 rings (SSSR count). The third kappa shape index (κ3) is 3.94. The lowest BCUT2D eigenvalue weighted by atomic mass is 9.99. The molecule has 0 atom stereocenters. The maximum Gasteiger partial charge on any atom is 0.252 e. The first-order chi connectivity index (χ1) is 11.1. The third-order valence-electron chi connectivity index (χ3n) is 4.11. The molecule has 0 aliphatic carbocycles. The van der Waals surface area contributed by atoms with Crippen LogP contribution in [0.5, 0.6) is 5.75 Å². The van der Waals surface area contributed by atoms with Gasteiger partial charge in [-0.1, -0.05) is 18.2 Å². The van der Waals surface area contributed by atoms with Crippen LogP contribution in [0.25, 0.3) is 0 Å². The topological polar surface area (TPSA) is 46.6 Å². The molecule has 0 spiro atoms. The molecule has 4 nitrogen and oxygen atoms in total. The van der Waals surface area contributed by atoms with Gasteiger partial charge in [-0.15, -0.1) is 11.3 Å². The highest BCUT2D eigenvalue weighted by Crippen LogP contribution is 2.28. The second kappa shape index (κ2) is 7.03. The number of piperidine rings is 1. The van der Waals surface area contributed by atoms with Gasteiger partial charge in [0, 0.05) is 18.0 Å². The maximum absolute atomic E-state index is 12.6. The van der Waals surface area contributed by atoms with E-state index in [0.717, 1.165) is 23.5 Å². The molecule has 1 aliphatic heterocycles. The van der Waals surface area contributed by atoms with Crippen molar-refractivity contribution in [3.63, 3.8) is 0 Å². The van der Waals surface area contributed by atoms with Gasteiger partial charge in [0.1, 0.15) is 9.96 Å². The van der Waals surface area contributed by atoms with Gasteiger partial charge in [0.15, 0.2) is 0 Å². The fourth-order valence-electron chi connectivity index (χ4n) is 2.73. The third-order valence-corrected chi connectivity index (χ3v) is 7.48. The van der Waals surface area contributed by atoms with Gasteiger partial charge in [0.05, 0.1) is 6.61 Å². The highest BCUT2D eigenvalue weighted by molar-refractivity contribution is 7.91. The lowest BCUT2D eigenvalue weighted by Gasteiger charge is -2.30. The molecular weight excluding hydrogens is 330 g/mol. The average Bonchev–Trinajstić information content (AvgIpc) is 3.02. The van der Waals surface area contributed by atoms with E-state index in [1.165, 1.54) is 11.3 Å². The molecule has 0 amide bonds. The second-order valence-corrected chi connectivity index (χ2v) is 9.29. The predicted molar refractivity (Wildman–Crippen MR) is 92.5 cm³/mol. The molecular formula is C17H21NO3S2. The minimum Gasteiger partial charge on any atom is -0.493 e. The van der Waals surface area contributed by atoms with Crippen molar-refractivity contribution in [3.8, 4) is 5.75 Å². The lowest BCUT2D eigenvalue weighted by molar-refractivity contribution is 0.185. The van der Waals surface area contributed by atoms with E-state index in [4.69, 9.17) is 4.74 Å². The molecule has 1 aromatic carbocycles. The van der Waals surface area contributed by atoms with Gasteiger partial charge < -0.3 is 4.74 Å². The van der Waals surface area contributed by atoms with Gasteiger partial charge in [0.2, 0.25) is 0 Å². The van der Waals surface area contributed by atoms with Gasteiger partial charge in [-0.25, -0.2) is 8.42 Å². The first-order valence-corrected chi connectivity index (χ1v) is 10.1. The molecule has 1 aromatic heterocycles. The summed E-state index contributed by atoms with van der Waals surface area (Å²) in [5.41, 5.74) is 0. The molecule has 1 aliphatic rings. The van der Waals surface area contributed by atoms with Crippen molar-refractivity contribution in [3.05, 3.63) is 47.3 Å². The second-order valence-electron chi connectivity index (χ2n) is 5.84. The monoisotopic (exact) mass is 351 g/mol. The maximum atomic E-state index is 12.6. The Kier molecular flexibility index (Phi) is 5.04. The number of rotatable bonds is 5. The summed E-state index contributed by atoms with van der Waals surface area (Å²) in [5, 5.41) is 0. The standard InChI is InChI=1S/C17H21NO3S2/c1-14-7-8-17(22-14)23(19,20)18-11-9-15(10-12-18)13-21-16-5-3-2-4-6-16/h2-8,15H,9-13H2,1H3. The first-order valence-electron chi connectivity index (χ1n) is 7.80. The van der Waals surface area contributed by atoms with Crippen LogP contribution in [0.4, 0.5) is 0 Å². The summed E-state index contributed by atoms with van der Waals surface area (Å²) in [7, 11) is -3.32. The molecule has 0 radical (unpaired) electrons. The summed E-state index contributed by atoms with van der Waals surface area (Å²) in [5.74, 6) is 1.28. The Hall–Kier alpha value is -1.37. The van der Waals surface area contributed by atoms with E-state index in [1.807, 2.05) is 43.3 Å². The summed E-state index contributed by atoms with van der Waals surface area (Å²) < 4.78 is 33.0. The van der Waals surface area contributed by atoms with Gasteiger partial charge in [-0.2, -0.15) is 4.31 Å². The number of aryl methyl sites for hydroxylation is 1. The van der Waals surface area contributed by atoms with Crippen LogP contribution in [0.15, 0.2) is 46.7 Å². The average molecular weight is 351 g/mol. The molecule has 0 saturated carbocycles. The van der Waals surface area contributed by atoms with Crippen molar-refractivity contribution in [1.82, 2.24) is 4.31 Å². The smallest absolute Gasteiger partial charge is 0.252 e. The van der Waals surface area contributed by atoms with Crippen LogP contribution in [-0.4, -0.2) is 32.4 Å². The zero-order valence-electron chi connectivity index (χ0n) is 13.1. The van der Waals surface area contributed by atoms with Crippen LogP contribution >= 0.6 is 11.3 Å². The summed E-state index contributed by atoms with van der Waals surface area (Å²) in [4.78, 5) is 1.02. The number of thiophene rings is 1. The molecule has 0 unspecified atom stereocenters. The van der Waals surface area contributed by atoms with Crippen molar-refractivity contribution in [1.29, 1.82) is 0 Å². The molecule has 2 aromatic rings. The minimum absolute atomic E-state index is 0.409. The largest absolute Gasteiger partial charge is 0.493 e. The summed E-state index contributed by atoms with van der Waals surface area (Å²) in [6.45, 7) is 3.72. The molecule has 1 fully saturated rings. The van der Waals surface area contributed by atoms with Crippen molar-refractivity contribution < 1.29 is 13.2 Å². The Morgan fingerprint density at radius 1 is 1.13 bits per heavy atom. The van der Waals surface area contributed by atoms with E-state index >= 15 is 0 Å². The minimum atomic E-state index is -3.32. The van der Waals surface area contributed by atoms with Crippen LogP contribution in [0.3, 0.4) is 0 Å². The molecule has 2 heterocycles. The van der Waals surface area contributed by atoms with E-state index in [0.29, 0.717) is 29.8 Å². The predicted octanol–water partition coefficient (Wildman–Crippen LogP) is 3.54. The molecule has 6 heteroatoms. The first kappa shape index (κ1) is 16.5. The van der Waals surface area contributed by atoms with E-state index in [2.05, 4.69) is 0 Å². The number of para-hydroxylation sites is 1. The van der Waals surface area contributed by atoms with Gasteiger partial charge in [0.25, 0.3) is 10.0 Å². The Balaban J connectivity index is 1.54. The highest BCUT2D eigenvalue weighted by Gasteiger charge is 2.30. The molecule has 1 saturated heterocycles. The fraction of sp³-hybridized carbons (Fsp3) is 0.412. The Morgan fingerprint density at radius 2 is 1.83 bits per heavy atom. The fourth-order valence-corrected chi connectivity index (χ4v) is 5.63. The van der Waals surface area contributed by atoms with Gasteiger partial charge in [-0.3, -0.25) is 0 Å². The number of hydrogen-bond donors (Lipinski definition) is 0. The van der Waals surface area contributed by atoms with Crippen molar-refractivity contribution in [2.24, 2.45) is 5.92 Å². The van der Waals surface area contributed by atoms with E-state index in [-0.39, 0.29) is 0 Å².